The van der Waals surface area contributed by atoms with Crippen molar-refractivity contribution in [3.05, 3.63) is 0 Å². The Balaban J connectivity index is 4.70. The van der Waals surface area contributed by atoms with Crippen molar-refractivity contribution in [3.63, 3.8) is 0 Å². The lowest BCUT2D eigenvalue weighted by Crippen LogP contribution is -2.37. The second-order valence-corrected chi connectivity index (χ2v) is 8.68. The molecule has 0 rings (SSSR count). The molecule has 0 spiro atoms. The van der Waals surface area contributed by atoms with Crippen LogP contribution in [0.25, 0.3) is 0 Å². The third-order valence-electron chi connectivity index (χ3n) is 0.664. The molecule has 12 heavy (non-hydrogen) atoms. The van der Waals surface area contributed by atoms with Gasteiger partial charge in [0.1, 0.15) is 0 Å². The van der Waals surface area contributed by atoms with Gasteiger partial charge < -0.3 is 0 Å². The summed E-state index contributed by atoms with van der Waals surface area (Å²) in [6.45, 7) is 0. The van der Waals surface area contributed by atoms with Gasteiger partial charge in [0.15, 0.2) is 0 Å². The van der Waals surface area contributed by atoms with E-state index in [2.05, 4.69) is 0 Å². The maximum atomic E-state index is 11.7. The Bertz CT molecular complexity index is 250. The SMILES string of the molecule is CS(C)(C)NS(=O)(=O)C(F)(F)F. The minimum Gasteiger partial charge on any atom is -0.202 e. The van der Waals surface area contributed by atoms with Gasteiger partial charge in [0.05, 0.1) is 0 Å². The van der Waals surface area contributed by atoms with Gasteiger partial charge in [0, 0.05) is 0 Å². The summed E-state index contributed by atoms with van der Waals surface area (Å²) in [5, 5.41) is 0. The Kier molecular flexibility index (Phi) is 3.09. The highest BCUT2D eigenvalue weighted by Crippen LogP contribution is 2.34. The number of halogens is 3. The standard InChI is InChI=1S/C4H10F3NO2S2/c1-11(2,3)8-12(9,10)4(5,6)7/h8H,1-3H3. The van der Waals surface area contributed by atoms with Crippen molar-refractivity contribution in [3.8, 4) is 0 Å². The molecule has 0 unspecified atom stereocenters. The van der Waals surface area contributed by atoms with E-state index in [0.717, 1.165) is 0 Å². The van der Waals surface area contributed by atoms with E-state index < -0.39 is 25.7 Å². The van der Waals surface area contributed by atoms with Crippen LogP contribution in [0.1, 0.15) is 0 Å². The molecule has 0 amide bonds. The van der Waals surface area contributed by atoms with Crippen LogP contribution >= 0.6 is 10.2 Å². The minimum absolute atomic E-state index is 1.41. The topological polar surface area (TPSA) is 46.2 Å². The number of hydrogen-bond donors (Lipinski definition) is 1. The highest BCUT2D eigenvalue weighted by molar-refractivity contribution is 8.34. The van der Waals surface area contributed by atoms with Gasteiger partial charge in [-0.05, 0) is 18.8 Å². The van der Waals surface area contributed by atoms with E-state index in [1.165, 1.54) is 18.8 Å². The molecule has 0 fully saturated rings. The lowest BCUT2D eigenvalue weighted by Gasteiger charge is -2.26. The molecule has 0 bridgehead atoms. The molecule has 0 aliphatic heterocycles. The molecule has 8 heteroatoms. The van der Waals surface area contributed by atoms with Crippen LogP contribution in [0.3, 0.4) is 0 Å². The van der Waals surface area contributed by atoms with Gasteiger partial charge >= 0.3 is 15.5 Å². The Morgan fingerprint density at radius 2 is 1.42 bits per heavy atom. The molecule has 0 aromatic rings. The van der Waals surface area contributed by atoms with Crippen LogP contribution < -0.4 is 4.13 Å². The fraction of sp³-hybridized carbons (Fsp3) is 1.00. The van der Waals surface area contributed by atoms with Crippen molar-refractivity contribution in [1.82, 2.24) is 4.13 Å². The summed E-state index contributed by atoms with van der Waals surface area (Å²) in [4.78, 5) is 0. The van der Waals surface area contributed by atoms with Gasteiger partial charge in [0.25, 0.3) is 0 Å². The molecular weight excluding hydrogens is 215 g/mol. The number of nitrogens with one attached hydrogen (secondary N) is 1. The lowest BCUT2D eigenvalue weighted by molar-refractivity contribution is -0.0440. The zero-order valence-electron chi connectivity index (χ0n) is 6.77. The van der Waals surface area contributed by atoms with Crippen LogP contribution in [-0.2, 0) is 10.0 Å². The molecule has 0 heterocycles. The summed E-state index contributed by atoms with van der Waals surface area (Å²) >= 11 is 0. The minimum atomic E-state index is -5.22. The second kappa shape index (κ2) is 3.08. The monoisotopic (exact) mass is 225 g/mol. The smallest absolute Gasteiger partial charge is 0.202 e. The summed E-state index contributed by atoms with van der Waals surface area (Å²) in [6, 6.07) is 0. The number of sulfonamides is 1. The predicted molar refractivity (Wildman–Crippen MR) is 43.5 cm³/mol. The average Bonchev–Trinajstić information content (AvgIpc) is 1.52. The van der Waals surface area contributed by atoms with E-state index in [0.29, 0.717) is 0 Å². The average molecular weight is 225 g/mol. The molecule has 1 N–H and O–H groups in total. The van der Waals surface area contributed by atoms with Crippen LogP contribution in [0.4, 0.5) is 13.2 Å². The summed E-state index contributed by atoms with van der Waals surface area (Å²) in [5.41, 5.74) is -5.22. The maximum absolute atomic E-state index is 11.7. The van der Waals surface area contributed by atoms with Crippen LogP contribution in [0.5, 0.6) is 0 Å². The Labute approximate surface area is 70.8 Å². The van der Waals surface area contributed by atoms with Crippen LogP contribution in [-0.4, -0.2) is 32.7 Å². The Hall–Kier alpha value is 0.0500. The van der Waals surface area contributed by atoms with Crippen LogP contribution in [0.2, 0.25) is 0 Å². The van der Waals surface area contributed by atoms with Crippen molar-refractivity contribution < 1.29 is 21.6 Å². The number of rotatable bonds is 2. The zero-order chi connectivity index (χ0) is 10.2. The van der Waals surface area contributed by atoms with Crippen molar-refractivity contribution in [1.29, 1.82) is 0 Å². The van der Waals surface area contributed by atoms with Crippen LogP contribution in [0.15, 0.2) is 0 Å². The van der Waals surface area contributed by atoms with E-state index in [1.807, 2.05) is 0 Å². The van der Waals surface area contributed by atoms with Crippen molar-refractivity contribution in [2.45, 2.75) is 5.51 Å². The molecule has 0 aliphatic carbocycles. The lowest BCUT2D eigenvalue weighted by atomic mass is 11.6. The first-order valence-corrected chi connectivity index (χ1v) is 7.08. The van der Waals surface area contributed by atoms with Gasteiger partial charge in [0.2, 0.25) is 0 Å². The first-order valence-electron chi connectivity index (χ1n) is 2.74. The molecule has 0 radical (unpaired) electrons. The highest BCUT2D eigenvalue weighted by Gasteiger charge is 2.46. The number of hydrogen-bond acceptors (Lipinski definition) is 2. The quantitative estimate of drug-likeness (QED) is 0.763. The Morgan fingerprint density at radius 3 is 1.50 bits per heavy atom. The first-order chi connectivity index (χ1) is 4.96. The predicted octanol–water partition coefficient (Wildman–Crippen LogP) is 1.03. The van der Waals surface area contributed by atoms with Crippen molar-refractivity contribution in [2.24, 2.45) is 0 Å². The highest BCUT2D eigenvalue weighted by atomic mass is 32.3. The molecule has 0 saturated heterocycles. The van der Waals surface area contributed by atoms with Gasteiger partial charge in [-0.25, -0.2) is 8.42 Å². The van der Waals surface area contributed by atoms with Gasteiger partial charge in [-0.15, -0.1) is 0 Å². The fourth-order valence-electron chi connectivity index (χ4n) is 0.376. The molecule has 0 saturated carbocycles. The van der Waals surface area contributed by atoms with E-state index in [1.54, 1.807) is 4.13 Å². The van der Waals surface area contributed by atoms with Gasteiger partial charge in [-0.3, -0.25) is 0 Å². The van der Waals surface area contributed by atoms with E-state index in [9.17, 15) is 21.6 Å². The molecule has 0 atom stereocenters. The molecule has 0 aromatic carbocycles. The van der Waals surface area contributed by atoms with E-state index >= 15 is 0 Å². The van der Waals surface area contributed by atoms with E-state index in [-0.39, 0.29) is 0 Å². The first kappa shape index (κ1) is 12.0. The third-order valence-corrected chi connectivity index (χ3v) is 4.15. The molecular formula is C4H10F3NO2S2. The summed E-state index contributed by atoms with van der Waals surface area (Å²) in [6.07, 6.45) is 4.24. The van der Waals surface area contributed by atoms with Crippen molar-refractivity contribution >= 4 is 20.2 Å². The van der Waals surface area contributed by atoms with E-state index in [4.69, 9.17) is 0 Å². The Morgan fingerprint density at radius 1 is 1.08 bits per heavy atom. The molecule has 76 valence electrons. The zero-order valence-corrected chi connectivity index (χ0v) is 8.40. The van der Waals surface area contributed by atoms with Gasteiger partial charge in [-0.1, -0.05) is 0 Å². The molecule has 0 aromatic heterocycles. The number of alkyl halides is 3. The fourth-order valence-corrected chi connectivity index (χ4v) is 3.39. The largest absolute Gasteiger partial charge is 0.512 e. The molecule has 0 aliphatic rings. The molecule has 3 nitrogen and oxygen atoms in total. The summed E-state index contributed by atoms with van der Waals surface area (Å²) in [7, 11) is -7.09. The van der Waals surface area contributed by atoms with Gasteiger partial charge in [-0.2, -0.15) is 27.5 Å². The summed E-state index contributed by atoms with van der Waals surface area (Å²) < 4.78 is 57.7. The van der Waals surface area contributed by atoms with Crippen LogP contribution in [0, 0.1) is 0 Å². The normalized spacial score (nSPS) is 16.2. The second-order valence-electron chi connectivity index (χ2n) is 2.87. The third kappa shape index (κ3) is 3.63. The van der Waals surface area contributed by atoms with Crippen molar-refractivity contribution in [2.75, 3.05) is 18.8 Å². The summed E-state index contributed by atoms with van der Waals surface area (Å²) in [5.74, 6) is 0. The maximum Gasteiger partial charge on any atom is 0.512 e.